The fraction of sp³-hybridized carbons (Fsp3) is 0.545. The summed E-state index contributed by atoms with van der Waals surface area (Å²) < 4.78 is 7.51. The Balaban J connectivity index is 2.02. The van der Waals surface area contributed by atoms with Gasteiger partial charge in [-0.15, -0.1) is 0 Å². The van der Waals surface area contributed by atoms with E-state index in [9.17, 15) is 4.79 Å². The zero-order valence-electron chi connectivity index (χ0n) is 17.5. The zero-order chi connectivity index (χ0) is 20.0. The molecule has 1 heterocycles. The van der Waals surface area contributed by atoms with Crippen LogP contribution in [0.2, 0.25) is 0 Å². The van der Waals surface area contributed by atoms with Gasteiger partial charge in [-0.25, -0.2) is 0 Å². The van der Waals surface area contributed by atoms with Gasteiger partial charge in [-0.3, -0.25) is 9.48 Å². The van der Waals surface area contributed by atoms with E-state index < -0.39 is 0 Å². The van der Waals surface area contributed by atoms with Gasteiger partial charge in [-0.2, -0.15) is 5.10 Å². The number of aromatic nitrogens is 2. The lowest BCUT2D eigenvalue weighted by Crippen LogP contribution is -2.28. The highest BCUT2D eigenvalue weighted by atomic mass is 16.5. The standard InChI is InChI=1S/C22H33N3O2/c1-7-20(19-10-8-9-11-21(19)27-6)23-22(26)13-12-18-16(4)24-25(17(18)5)14-15(2)3/h8-11,15,20H,7,12-14H2,1-6H3,(H,23,26). The first-order valence-electron chi connectivity index (χ1n) is 9.82. The molecule has 0 bridgehead atoms. The zero-order valence-corrected chi connectivity index (χ0v) is 17.5. The second kappa shape index (κ2) is 9.58. The van der Waals surface area contributed by atoms with E-state index in [4.69, 9.17) is 4.74 Å². The van der Waals surface area contributed by atoms with Crippen LogP contribution < -0.4 is 10.1 Å². The molecule has 0 saturated carbocycles. The van der Waals surface area contributed by atoms with E-state index >= 15 is 0 Å². The van der Waals surface area contributed by atoms with Crippen molar-refractivity contribution in [1.82, 2.24) is 15.1 Å². The van der Waals surface area contributed by atoms with E-state index in [0.29, 0.717) is 18.8 Å². The number of carbonyl (C=O) groups excluding carboxylic acids is 1. The first-order valence-corrected chi connectivity index (χ1v) is 9.82. The Morgan fingerprint density at radius 1 is 1.26 bits per heavy atom. The molecule has 27 heavy (non-hydrogen) atoms. The van der Waals surface area contributed by atoms with Crippen molar-refractivity contribution in [2.75, 3.05) is 7.11 Å². The smallest absolute Gasteiger partial charge is 0.220 e. The summed E-state index contributed by atoms with van der Waals surface area (Å²) in [5, 5.41) is 7.80. The third-order valence-corrected chi connectivity index (χ3v) is 4.93. The van der Waals surface area contributed by atoms with Crippen LogP contribution in [0.25, 0.3) is 0 Å². The highest BCUT2D eigenvalue weighted by Crippen LogP contribution is 2.27. The summed E-state index contributed by atoms with van der Waals surface area (Å²) in [5.41, 5.74) is 4.41. The predicted octanol–water partition coefficient (Wildman–Crippen LogP) is 4.36. The van der Waals surface area contributed by atoms with Crippen LogP contribution in [-0.2, 0) is 17.8 Å². The SMILES string of the molecule is CCC(NC(=O)CCc1c(C)nn(CC(C)C)c1C)c1ccccc1OC. The lowest BCUT2D eigenvalue weighted by molar-refractivity contribution is -0.121. The van der Waals surface area contributed by atoms with Crippen LogP contribution in [0, 0.1) is 19.8 Å². The molecule has 0 saturated heterocycles. The molecule has 1 atom stereocenters. The number of carbonyl (C=O) groups is 1. The van der Waals surface area contributed by atoms with Gasteiger partial charge in [0.15, 0.2) is 0 Å². The van der Waals surface area contributed by atoms with E-state index in [0.717, 1.165) is 30.0 Å². The van der Waals surface area contributed by atoms with Crippen molar-refractivity contribution in [3.8, 4) is 5.75 Å². The normalized spacial score (nSPS) is 12.3. The van der Waals surface area contributed by atoms with E-state index in [2.05, 4.69) is 42.8 Å². The molecule has 0 aliphatic rings. The molecule has 1 N–H and O–H groups in total. The lowest BCUT2D eigenvalue weighted by atomic mass is 10.0. The van der Waals surface area contributed by atoms with Gasteiger partial charge >= 0.3 is 0 Å². The molecule has 0 fully saturated rings. The van der Waals surface area contributed by atoms with Crippen molar-refractivity contribution in [2.24, 2.45) is 5.92 Å². The molecule has 0 radical (unpaired) electrons. The Morgan fingerprint density at radius 3 is 2.59 bits per heavy atom. The van der Waals surface area contributed by atoms with Crippen LogP contribution >= 0.6 is 0 Å². The molecular weight excluding hydrogens is 338 g/mol. The minimum Gasteiger partial charge on any atom is -0.496 e. The quantitative estimate of drug-likeness (QED) is 0.712. The second-order valence-electron chi connectivity index (χ2n) is 7.50. The fourth-order valence-electron chi connectivity index (χ4n) is 3.48. The van der Waals surface area contributed by atoms with E-state index in [-0.39, 0.29) is 11.9 Å². The van der Waals surface area contributed by atoms with Gasteiger partial charge < -0.3 is 10.1 Å². The molecule has 1 unspecified atom stereocenters. The Bertz CT molecular complexity index is 765. The topological polar surface area (TPSA) is 56.2 Å². The summed E-state index contributed by atoms with van der Waals surface area (Å²) in [4.78, 5) is 12.6. The number of benzene rings is 1. The summed E-state index contributed by atoms with van der Waals surface area (Å²) in [5.74, 6) is 1.42. The molecule has 5 nitrogen and oxygen atoms in total. The average Bonchev–Trinajstić information content (AvgIpc) is 2.90. The van der Waals surface area contributed by atoms with E-state index in [1.165, 1.54) is 11.3 Å². The molecule has 2 aromatic rings. The minimum atomic E-state index is -0.0421. The molecule has 2 rings (SSSR count). The summed E-state index contributed by atoms with van der Waals surface area (Å²) in [6.07, 6.45) is 1.99. The second-order valence-corrected chi connectivity index (χ2v) is 7.50. The van der Waals surface area contributed by atoms with E-state index in [1.54, 1.807) is 7.11 Å². The Kier molecular flexibility index (Phi) is 7.45. The molecule has 0 aliphatic carbocycles. The van der Waals surface area contributed by atoms with Crippen molar-refractivity contribution in [3.63, 3.8) is 0 Å². The third-order valence-electron chi connectivity index (χ3n) is 4.93. The average molecular weight is 372 g/mol. The maximum atomic E-state index is 12.6. The number of aryl methyl sites for hydroxylation is 1. The number of para-hydroxylation sites is 1. The van der Waals surface area contributed by atoms with Gasteiger partial charge in [0, 0.05) is 24.2 Å². The number of hydrogen-bond acceptors (Lipinski definition) is 3. The molecule has 0 spiro atoms. The molecule has 5 heteroatoms. The van der Waals surface area contributed by atoms with Crippen LogP contribution in [0.5, 0.6) is 5.75 Å². The Hall–Kier alpha value is -2.30. The lowest BCUT2D eigenvalue weighted by Gasteiger charge is -2.20. The molecule has 0 aliphatic heterocycles. The van der Waals surface area contributed by atoms with Gasteiger partial charge in [-0.1, -0.05) is 39.0 Å². The first-order chi connectivity index (χ1) is 12.9. The summed E-state index contributed by atoms with van der Waals surface area (Å²) >= 11 is 0. The van der Waals surface area contributed by atoms with Crippen molar-refractivity contribution in [2.45, 2.75) is 66.5 Å². The van der Waals surface area contributed by atoms with Gasteiger partial charge in [0.05, 0.1) is 18.8 Å². The van der Waals surface area contributed by atoms with Gasteiger partial charge in [0.2, 0.25) is 5.91 Å². The van der Waals surface area contributed by atoms with Crippen molar-refractivity contribution >= 4 is 5.91 Å². The van der Waals surface area contributed by atoms with Crippen LogP contribution in [-0.4, -0.2) is 22.8 Å². The number of nitrogens with one attached hydrogen (secondary N) is 1. The highest BCUT2D eigenvalue weighted by Gasteiger charge is 2.18. The third kappa shape index (κ3) is 5.34. The Morgan fingerprint density at radius 2 is 1.96 bits per heavy atom. The number of ether oxygens (including phenoxy) is 1. The van der Waals surface area contributed by atoms with Crippen molar-refractivity contribution in [3.05, 3.63) is 46.8 Å². The molecule has 1 aromatic heterocycles. The Labute approximate surface area is 163 Å². The van der Waals surface area contributed by atoms with Gasteiger partial charge in [-0.05, 0) is 44.2 Å². The number of methoxy groups -OCH3 is 1. The number of nitrogens with zero attached hydrogens (tertiary/aromatic N) is 2. The molecular formula is C22H33N3O2. The van der Waals surface area contributed by atoms with Crippen LogP contribution in [0.1, 0.15) is 62.2 Å². The van der Waals surface area contributed by atoms with Crippen molar-refractivity contribution in [1.29, 1.82) is 0 Å². The summed E-state index contributed by atoms with van der Waals surface area (Å²) in [6, 6.07) is 7.82. The van der Waals surface area contributed by atoms with Gasteiger partial charge in [0.25, 0.3) is 0 Å². The highest BCUT2D eigenvalue weighted by molar-refractivity contribution is 5.77. The number of hydrogen-bond donors (Lipinski definition) is 1. The molecule has 1 aromatic carbocycles. The summed E-state index contributed by atoms with van der Waals surface area (Å²) in [6.45, 7) is 11.5. The largest absolute Gasteiger partial charge is 0.496 e. The monoisotopic (exact) mass is 371 g/mol. The number of amides is 1. The summed E-state index contributed by atoms with van der Waals surface area (Å²) in [7, 11) is 1.66. The number of rotatable bonds is 9. The van der Waals surface area contributed by atoms with Crippen molar-refractivity contribution < 1.29 is 9.53 Å². The van der Waals surface area contributed by atoms with E-state index in [1.807, 2.05) is 31.2 Å². The van der Waals surface area contributed by atoms with Crippen LogP contribution in [0.3, 0.4) is 0 Å². The predicted molar refractivity (Wildman–Crippen MR) is 109 cm³/mol. The fourth-order valence-corrected chi connectivity index (χ4v) is 3.48. The maximum absolute atomic E-state index is 12.6. The van der Waals surface area contributed by atoms with Crippen LogP contribution in [0.15, 0.2) is 24.3 Å². The first kappa shape index (κ1) is 21.0. The van der Waals surface area contributed by atoms with Gasteiger partial charge in [0.1, 0.15) is 5.75 Å². The maximum Gasteiger partial charge on any atom is 0.220 e. The molecule has 148 valence electrons. The minimum absolute atomic E-state index is 0.0421. The molecule has 1 amide bonds. The van der Waals surface area contributed by atoms with Crippen LogP contribution in [0.4, 0.5) is 0 Å².